The van der Waals surface area contributed by atoms with Crippen LogP contribution in [0.4, 0.5) is 0 Å². The third-order valence-electron chi connectivity index (χ3n) is 3.04. The van der Waals surface area contributed by atoms with E-state index in [-0.39, 0.29) is 5.54 Å². The number of hydrogen-bond acceptors (Lipinski definition) is 3. The fraction of sp³-hybridized carbons (Fsp3) is 1.00. The van der Waals surface area contributed by atoms with Gasteiger partial charge in [-0.15, -0.1) is 0 Å². The van der Waals surface area contributed by atoms with Crippen LogP contribution in [0, 0.1) is 0 Å². The molecule has 0 radical (unpaired) electrons. The van der Waals surface area contributed by atoms with Crippen LogP contribution in [0.2, 0.25) is 0 Å². The predicted octanol–water partition coefficient (Wildman–Crippen LogP) is 1.34. The Morgan fingerprint density at radius 3 is 2.29 bits per heavy atom. The molecule has 1 aliphatic heterocycles. The SMILES string of the molecule is CCC(CC)NC1(C)CCS(=O)(=O)C1. The Kier molecular flexibility index (Phi) is 3.58. The number of nitrogens with one attached hydrogen (secondary N) is 1. The van der Waals surface area contributed by atoms with Crippen molar-refractivity contribution < 1.29 is 8.42 Å². The van der Waals surface area contributed by atoms with E-state index in [4.69, 9.17) is 0 Å². The molecule has 0 spiro atoms. The Hall–Kier alpha value is -0.0900. The summed E-state index contributed by atoms with van der Waals surface area (Å²) >= 11 is 0. The molecule has 0 aromatic carbocycles. The molecule has 1 rings (SSSR count). The molecule has 1 unspecified atom stereocenters. The normalized spacial score (nSPS) is 31.1. The van der Waals surface area contributed by atoms with E-state index >= 15 is 0 Å². The number of rotatable bonds is 4. The molecule has 0 saturated carbocycles. The molecule has 84 valence electrons. The van der Waals surface area contributed by atoms with Gasteiger partial charge < -0.3 is 5.32 Å². The topological polar surface area (TPSA) is 46.2 Å². The molecule has 1 atom stereocenters. The monoisotopic (exact) mass is 219 g/mol. The standard InChI is InChI=1S/C10H21NO2S/c1-4-9(5-2)11-10(3)6-7-14(12,13)8-10/h9,11H,4-8H2,1-3H3. The van der Waals surface area contributed by atoms with E-state index in [1.165, 1.54) is 0 Å². The van der Waals surface area contributed by atoms with Crippen molar-refractivity contribution in [3.8, 4) is 0 Å². The van der Waals surface area contributed by atoms with Gasteiger partial charge in [-0.1, -0.05) is 13.8 Å². The van der Waals surface area contributed by atoms with Crippen molar-refractivity contribution in [1.29, 1.82) is 0 Å². The van der Waals surface area contributed by atoms with Gasteiger partial charge in [-0.05, 0) is 26.2 Å². The molecule has 1 N–H and O–H groups in total. The van der Waals surface area contributed by atoms with Gasteiger partial charge in [0.25, 0.3) is 0 Å². The Balaban J connectivity index is 2.60. The van der Waals surface area contributed by atoms with Gasteiger partial charge in [-0.2, -0.15) is 0 Å². The summed E-state index contributed by atoms with van der Waals surface area (Å²) < 4.78 is 22.7. The molecule has 3 nitrogen and oxygen atoms in total. The van der Waals surface area contributed by atoms with Crippen LogP contribution in [0.15, 0.2) is 0 Å². The van der Waals surface area contributed by atoms with Gasteiger partial charge in [-0.3, -0.25) is 0 Å². The molecule has 0 aromatic rings. The maximum atomic E-state index is 11.4. The molecule has 1 saturated heterocycles. The summed E-state index contributed by atoms with van der Waals surface area (Å²) in [5.74, 6) is 0.646. The molecule has 1 heterocycles. The Morgan fingerprint density at radius 2 is 1.93 bits per heavy atom. The quantitative estimate of drug-likeness (QED) is 0.776. The number of hydrogen-bond donors (Lipinski definition) is 1. The largest absolute Gasteiger partial charge is 0.308 e. The van der Waals surface area contributed by atoms with E-state index < -0.39 is 9.84 Å². The van der Waals surface area contributed by atoms with Gasteiger partial charge in [0.05, 0.1) is 11.5 Å². The summed E-state index contributed by atoms with van der Waals surface area (Å²) in [5.41, 5.74) is -0.185. The van der Waals surface area contributed by atoms with E-state index in [1.807, 2.05) is 6.92 Å². The lowest BCUT2D eigenvalue weighted by Gasteiger charge is -2.29. The zero-order valence-corrected chi connectivity index (χ0v) is 10.2. The first-order valence-corrected chi connectivity index (χ1v) is 7.21. The molecule has 0 aliphatic carbocycles. The predicted molar refractivity (Wildman–Crippen MR) is 59.2 cm³/mol. The number of sulfone groups is 1. The lowest BCUT2D eigenvalue weighted by molar-refractivity contribution is 0.327. The minimum atomic E-state index is -2.78. The van der Waals surface area contributed by atoms with Crippen LogP contribution in [0.3, 0.4) is 0 Å². The maximum Gasteiger partial charge on any atom is 0.152 e. The first-order chi connectivity index (χ1) is 6.41. The van der Waals surface area contributed by atoms with Crippen LogP contribution >= 0.6 is 0 Å². The average Bonchev–Trinajstić information content (AvgIpc) is 2.37. The highest BCUT2D eigenvalue weighted by atomic mass is 32.2. The summed E-state index contributed by atoms with van der Waals surface area (Å²) in [6, 6.07) is 0.452. The van der Waals surface area contributed by atoms with Crippen LogP contribution in [0.1, 0.15) is 40.0 Å². The molecule has 14 heavy (non-hydrogen) atoms. The molecule has 0 aromatic heterocycles. The van der Waals surface area contributed by atoms with Crippen molar-refractivity contribution in [2.45, 2.75) is 51.6 Å². The minimum Gasteiger partial charge on any atom is -0.308 e. The van der Waals surface area contributed by atoms with Crippen molar-refractivity contribution in [3.05, 3.63) is 0 Å². The second-order valence-electron chi connectivity index (χ2n) is 4.56. The lowest BCUT2D eigenvalue weighted by atomic mass is 9.99. The third kappa shape index (κ3) is 2.95. The van der Waals surface area contributed by atoms with E-state index in [1.54, 1.807) is 0 Å². The van der Waals surface area contributed by atoms with Crippen molar-refractivity contribution in [1.82, 2.24) is 5.32 Å². The highest BCUT2D eigenvalue weighted by Crippen LogP contribution is 2.24. The van der Waals surface area contributed by atoms with Crippen molar-refractivity contribution >= 4 is 9.84 Å². The second-order valence-corrected chi connectivity index (χ2v) is 6.74. The van der Waals surface area contributed by atoms with Crippen LogP contribution < -0.4 is 5.32 Å². The summed E-state index contributed by atoms with van der Waals surface area (Å²) in [6.45, 7) is 6.29. The lowest BCUT2D eigenvalue weighted by Crippen LogP contribution is -2.48. The van der Waals surface area contributed by atoms with Gasteiger partial charge in [0.15, 0.2) is 9.84 Å². The fourth-order valence-corrected chi connectivity index (χ4v) is 4.21. The highest BCUT2D eigenvalue weighted by molar-refractivity contribution is 7.91. The van der Waals surface area contributed by atoms with Crippen molar-refractivity contribution in [3.63, 3.8) is 0 Å². The van der Waals surface area contributed by atoms with Crippen LogP contribution in [0.5, 0.6) is 0 Å². The van der Waals surface area contributed by atoms with Gasteiger partial charge in [0.2, 0.25) is 0 Å². The summed E-state index contributed by atoms with van der Waals surface area (Å²) in [4.78, 5) is 0. The Labute approximate surface area is 87.2 Å². The van der Waals surface area contributed by atoms with E-state index in [0.29, 0.717) is 17.5 Å². The molecule has 4 heteroatoms. The van der Waals surface area contributed by atoms with Gasteiger partial charge >= 0.3 is 0 Å². The smallest absolute Gasteiger partial charge is 0.152 e. The van der Waals surface area contributed by atoms with Gasteiger partial charge in [-0.25, -0.2) is 8.42 Å². The second kappa shape index (κ2) is 4.19. The van der Waals surface area contributed by atoms with Crippen LogP contribution in [-0.4, -0.2) is 31.5 Å². The van der Waals surface area contributed by atoms with Crippen LogP contribution in [-0.2, 0) is 9.84 Å². The van der Waals surface area contributed by atoms with Gasteiger partial charge in [0.1, 0.15) is 0 Å². The van der Waals surface area contributed by atoms with Gasteiger partial charge in [0, 0.05) is 11.6 Å². The molecular formula is C10H21NO2S. The molecule has 0 bridgehead atoms. The van der Waals surface area contributed by atoms with E-state index in [9.17, 15) is 8.42 Å². The summed E-state index contributed by atoms with van der Waals surface area (Å²) in [5, 5.41) is 3.47. The molecular weight excluding hydrogens is 198 g/mol. The minimum absolute atomic E-state index is 0.185. The Morgan fingerprint density at radius 1 is 1.36 bits per heavy atom. The first kappa shape index (κ1) is 12.0. The molecule has 0 amide bonds. The maximum absolute atomic E-state index is 11.4. The summed E-state index contributed by atoms with van der Waals surface area (Å²) in [7, 11) is -2.78. The van der Waals surface area contributed by atoms with Crippen molar-refractivity contribution in [2.75, 3.05) is 11.5 Å². The zero-order valence-electron chi connectivity index (χ0n) is 9.34. The van der Waals surface area contributed by atoms with E-state index in [2.05, 4.69) is 19.2 Å². The highest BCUT2D eigenvalue weighted by Gasteiger charge is 2.38. The third-order valence-corrected chi connectivity index (χ3v) is 4.94. The fourth-order valence-electron chi connectivity index (χ4n) is 2.11. The van der Waals surface area contributed by atoms with Crippen LogP contribution in [0.25, 0.3) is 0 Å². The molecule has 1 fully saturated rings. The zero-order chi connectivity index (χ0) is 10.8. The van der Waals surface area contributed by atoms with E-state index in [0.717, 1.165) is 19.3 Å². The first-order valence-electron chi connectivity index (χ1n) is 5.39. The molecule has 1 aliphatic rings. The Bertz CT molecular complexity index is 282. The average molecular weight is 219 g/mol. The van der Waals surface area contributed by atoms with Crippen molar-refractivity contribution in [2.24, 2.45) is 0 Å². The summed E-state index contributed by atoms with van der Waals surface area (Å²) in [6.07, 6.45) is 2.88.